The minimum absolute atomic E-state index is 0.0123. The first-order valence-corrected chi connectivity index (χ1v) is 9.24. The lowest BCUT2D eigenvalue weighted by atomic mass is 10.1. The highest BCUT2D eigenvalue weighted by molar-refractivity contribution is 14.1. The van der Waals surface area contributed by atoms with Gasteiger partial charge in [0.1, 0.15) is 0 Å². The first-order chi connectivity index (χ1) is 11.9. The van der Waals surface area contributed by atoms with Crippen molar-refractivity contribution in [3.8, 4) is 11.3 Å². The summed E-state index contributed by atoms with van der Waals surface area (Å²) in [5.41, 5.74) is 1.51. The highest BCUT2D eigenvalue weighted by Gasteiger charge is 2.14. The molecule has 126 valence electrons. The van der Waals surface area contributed by atoms with E-state index in [-0.39, 0.29) is 11.6 Å². The first-order valence-electron chi connectivity index (χ1n) is 6.91. The van der Waals surface area contributed by atoms with E-state index in [2.05, 4.69) is 32.9 Å². The van der Waals surface area contributed by atoms with E-state index in [9.17, 15) is 14.9 Å². The van der Waals surface area contributed by atoms with E-state index in [0.717, 1.165) is 3.57 Å². The molecule has 0 aliphatic rings. The van der Waals surface area contributed by atoms with Gasteiger partial charge in [0.25, 0.3) is 11.6 Å². The van der Waals surface area contributed by atoms with Crippen LogP contribution in [0.2, 0.25) is 5.02 Å². The van der Waals surface area contributed by atoms with Crippen LogP contribution in [-0.2, 0) is 0 Å². The van der Waals surface area contributed by atoms with Gasteiger partial charge in [-0.25, -0.2) is 4.98 Å². The molecule has 0 unspecified atom stereocenters. The van der Waals surface area contributed by atoms with Crippen LogP contribution in [0.15, 0.2) is 47.8 Å². The summed E-state index contributed by atoms with van der Waals surface area (Å²) >= 11 is 9.39. The molecule has 3 aromatic rings. The summed E-state index contributed by atoms with van der Waals surface area (Å²) in [7, 11) is 0. The Labute approximate surface area is 165 Å². The number of nitrogens with one attached hydrogen (secondary N) is 1. The molecule has 0 fully saturated rings. The number of hydrogen-bond donors (Lipinski definition) is 1. The molecule has 0 aliphatic heterocycles. The van der Waals surface area contributed by atoms with Crippen LogP contribution in [0.3, 0.4) is 0 Å². The topological polar surface area (TPSA) is 85.1 Å². The van der Waals surface area contributed by atoms with Crippen molar-refractivity contribution in [3.05, 3.63) is 72.1 Å². The lowest BCUT2D eigenvalue weighted by molar-refractivity contribution is -0.384. The largest absolute Gasteiger partial charge is 0.298 e. The fourth-order valence-corrected chi connectivity index (χ4v) is 3.49. The molecule has 1 N–H and O–H groups in total. The molecule has 2 aromatic carbocycles. The first kappa shape index (κ1) is 17.8. The van der Waals surface area contributed by atoms with Crippen molar-refractivity contribution in [2.75, 3.05) is 5.32 Å². The van der Waals surface area contributed by atoms with Crippen molar-refractivity contribution in [1.82, 2.24) is 4.98 Å². The fraction of sp³-hybridized carbons (Fsp3) is 0. The lowest BCUT2D eigenvalue weighted by Gasteiger charge is -2.04. The van der Waals surface area contributed by atoms with Gasteiger partial charge in [-0.15, -0.1) is 11.3 Å². The monoisotopic (exact) mass is 485 g/mol. The van der Waals surface area contributed by atoms with Gasteiger partial charge < -0.3 is 0 Å². The van der Waals surface area contributed by atoms with E-state index in [1.54, 1.807) is 29.6 Å². The average Bonchev–Trinajstić information content (AvgIpc) is 3.05. The van der Waals surface area contributed by atoms with Crippen LogP contribution < -0.4 is 5.32 Å². The van der Waals surface area contributed by atoms with Crippen molar-refractivity contribution >= 4 is 62.3 Å². The number of nitrogens with zero attached hydrogens (tertiary/aromatic N) is 2. The van der Waals surface area contributed by atoms with E-state index in [4.69, 9.17) is 11.6 Å². The van der Waals surface area contributed by atoms with E-state index < -0.39 is 4.92 Å². The summed E-state index contributed by atoms with van der Waals surface area (Å²) in [6.45, 7) is 0. The van der Waals surface area contributed by atoms with Crippen LogP contribution in [0.25, 0.3) is 11.3 Å². The molecule has 25 heavy (non-hydrogen) atoms. The van der Waals surface area contributed by atoms with Gasteiger partial charge in [0.05, 0.1) is 21.2 Å². The third-order valence-corrected chi connectivity index (χ3v) is 5.01. The summed E-state index contributed by atoms with van der Waals surface area (Å²) in [6, 6.07) is 11.3. The third-order valence-electron chi connectivity index (χ3n) is 3.25. The van der Waals surface area contributed by atoms with Crippen LogP contribution in [0.4, 0.5) is 10.8 Å². The van der Waals surface area contributed by atoms with Crippen molar-refractivity contribution in [3.63, 3.8) is 0 Å². The predicted octanol–water partition coefficient (Wildman–Crippen LogP) is 5.23. The molecule has 6 nitrogen and oxygen atoms in total. The number of halogens is 2. The number of carbonyl (C=O) groups is 1. The molecule has 1 amide bonds. The second kappa shape index (κ2) is 7.46. The van der Waals surface area contributed by atoms with Gasteiger partial charge in [0.2, 0.25) is 0 Å². The Morgan fingerprint density at radius 2 is 2.08 bits per heavy atom. The highest BCUT2D eigenvalue weighted by atomic mass is 127. The maximum atomic E-state index is 12.4. The molecule has 0 spiro atoms. The zero-order valence-electron chi connectivity index (χ0n) is 12.4. The van der Waals surface area contributed by atoms with E-state index >= 15 is 0 Å². The molecule has 3 rings (SSSR count). The molecule has 0 radical (unpaired) electrons. The maximum absolute atomic E-state index is 12.4. The van der Waals surface area contributed by atoms with Crippen molar-refractivity contribution in [2.24, 2.45) is 0 Å². The van der Waals surface area contributed by atoms with E-state index in [1.165, 1.54) is 23.5 Å². The maximum Gasteiger partial charge on any atom is 0.270 e. The quantitative estimate of drug-likeness (QED) is 0.312. The smallest absolute Gasteiger partial charge is 0.270 e. The van der Waals surface area contributed by atoms with Crippen LogP contribution in [0.1, 0.15) is 10.4 Å². The number of aromatic nitrogens is 1. The van der Waals surface area contributed by atoms with Gasteiger partial charge in [-0.2, -0.15) is 0 Å². The SMILES string of the molecule is O=C(Nc1nc(-c2cccc([N+](=O)[O-])c2)cs1)c1cc(I)ccc1Cl. The fourth-order valence-electron chi connectivity index (χ4n) is 2.08. The Bertz CT molecular complexity index is 977. The minimum Gasteiger partial charge on any atom is -0.298 e. The molecule has 1 aromatic heterocycles. The normalized spacial score (nSPS) is 10.5. The van der Waals surface area contributed by atoms with Gasteiger partial charge in [-0.1, -0.05) is 23.7 Å². The van der Waals surface area contributed by atoms with Crippen LogP contribution in [0, 0.1) is 13.7 Å². The number of carbonyl (C=O) groups excluding carboxylic acids is 1. The Kier molecular flexibility index (Phi) is 5.30. The summed E-state index contributed by atoms with van der Waals surface area (Å²) in [5.74, 6) is -0.358. The third kappa shape index (κ3) is 4.14. The number of rotatable bonds is 4. The standard InChI is InChI=1S/C16H9ClIN3O3S/c17-13-5-4-10(18)7-12(13)15(22)20-16-19-14(8-25-16)9-2-1-3-11(6-9)21(23)24/h1-8H,(H,19,20,22). The van der Waals surface area contributed by atoms with Gasteiger partial charge in [-0.05, 0) is 40.8 Å². The molecule has 0 atom stereocenters. The van der Waals surface area contributed by atoms with Crippen LogP contribution >= 0.6 is 45.5 Å². The predicted molar refractivity (Wildman–Crippen MR) is 106 cm³/mol. The number of anilines is 1. The Balaban J connectivity index is 1.82. The highest BCUT2D eigenvalue weighted by Crippen LogP contribution is 2.28. The van der Waals surface area contributed by atoms with Gasteiger partial charge in [0.15, 0.2) is 5.13 Å². The van der Waals surface area contributed by atoms with Crippen molar-refractivity contribution < 1.29 is 9.72 Å². The molecular formula is C16H9ClIN3O3S. The number of hydrogen-bond acceptors (Lipinski definition) is 5. The van der Waals surface area contributed by atoms with Crippen LogP contribution in [0.5, 0.6) is 0 Å². The molecule has 0 saturated heterocycles. The van der Waals surface area contributed by atoms with E-state index in [1.807, 2.05) is 6.07 Å². The molecular weight excluding hydrogens is 477 g/mol. The van der Waals surface area contributed by atoms with E-state index in [0.29, 0.717) is 27.0 Å². The number of benzene rings is 2. The summed E-state index contributed by atoms with van der Waals surface area (Å²) in [6.07, 6.45) is 0. The van der Waals surface area contributed by atoms with Crippen LogP contribution in [-0.4, -0.2) is 15.8 Å². The Morgan fingerprint density at radius 3 is 2.84 bits per heavy atom. The van der Waals surface area contributed by atoms with Crippen molar-refractivity contribution in [2.45, 2.75) is 0 Å². The second-order valence-corrected chi connectivity index (χ2v) is 7.43. The summed E-state index contributed by atoms with van der Waals surface area (Å²) < 4.78 is 0.892. The van der Waals surface area contributed by atoms with Gasteiger partial charge in [-0.3, -0.25) is 20.2 Å². The number of amides is 1. The molecule has 9 heteroatoms. The zero-order chi connectivity index (χ0) is 18.0. The molecule has 0 aliphatic carbocycles. The number of non-ortho nitro benzene ring substituents is 1. The summed E-state index contributed by atoms with van der Waals surface area (Å²) in [5, 5.41) is 16.0. The van der Waals surface area contributed by atoms with Gasteiger partial charge in [0, 0.05) is 26.6 Å². The molecule has 0 bridgehead atoms. The Morgan fingerprint density at radius 1 is 1.28 bits per heavy atom. The number of nitro groups is 1. The van der Waals surface area contributed by atoms with Crippen molar-refractivity contribution in [1.29, 1.82) is 0 Å². The number of nitro benzene ring substituents is 1. The average molecular weight is 486 g/mol. The minimum atomic E-state index is -0.461. The lowest BCUT2D eigenvalue weighted by Crippen LogP contribution is -2.12. The Hall–Kier alpha value is -2.04. The second-order valence-electron chi connectivity index (χ2n) is 4.92. The molecule has 0 saturated carbocycles. The zero-order valence-corrected chi connectivity index (χ0v) is 16.1. The molecule has 1 heterocycles. The summed E-state index contributed by atoms with van der Waals surface area (Å²) in [4.78, 5) is 27.1. The van der Waals surface area contributed by atoms with Gasteiger partial charge >= 0.3 is 0 Å². The number of thiazole rings is 1.